The first-order chi connectivity index (χ1) is 14.5. The minimum absolute atomic E-state index is 0.0593. The molecule has 0 bridgehead atoms. The Morgan fingerprint density at radius 1 is 1.27 bits per heavy atom. The van der Waals surface area contributed by atoms with Crippen LogP contribution in [0, 0.1) is 0 Å². The van der Waals surface area contributed by atoms with Gasteiger partial charge in [-0.2, -0.15) is 10.2 Å². The first kappa shape index (κ1) is 20.3. The van der Waals surface area contributed by atoms with Crippen molar-refractivity contribution in [2.24, 2.45) is 7.05 Å². The van der Waals surface area contributed by atoms with Crippen LogP contribution in [0.5, 0.6) is 5.88 Å². The summed E-state index contributed by atoms with van der Waals surface area (Å²) in [4.78, 5) is 11.5. The zero-order valence-electron chi connectivity index (χ0n) is 17.4. The number of rotatable bonds is 7. The Labute approximate surface area is 178 Å². The van der Waals surface area contributed by atoms with E-state index in [2.05, 4.69) is 25.4 Å². The number of H-pyrrole nitrogens is 2. The number of aromatic amines is 2. The molecule has 0 spiro atoms. The summed E-state index contributed by atoms with van der Waals surface area (Å²) >= 11 is 6.35. The topological polar surface area (TPSA) is 110 Å². The van der Waals surface area contributed by atoms with Crippen molar-refractivity contribution >= 4 is 22.6 Å². The molecule has 10 nitrogen and oxygen atoms in total. The van der Waals surface area contributed by atoms with Gasteiger partial charge in [0.2, 0.25) is 5.88 Å². The first-order valence-corrected chi connectivity index (χ1v) is 9.64. The molecule has 1 atom stereocenters. The maximum atomic E-state index is 6.35. The van der Waals surface area contributed by atoms with Gasteiger partial charge in [-0.3, -0.25) is 15.1 Å². The Kier molecular flexibility index (Phi) is 5.46. The van der Waals surface area contributed by atoms with Gasteiger partial charge in [0.05, 0.1) is 37.2 Å². The number of likely N-dealkylation sites (N-methyl/N-ethyl adjacent to an activating group) is 1. The Hall–Kier alpha value is -2.95. The predicted molar refractivity (Wildman–Crippen MR) is 114 cm³/mol. The molecule has 0 saturated carbocycles. The fraction of sp³-hybridized carbons (Fsp3) is 0.368. The van der Waals surface area contributed by atoms with E-state index in [1.165, 1.54) is 0 Å². The Balaban J connectivity index is 1.95. The van der Waals surface area contributed by atoms with Crippen molar-refractivity contribution < 1.29 is 9.47 Å². The molecule has 0 radical (unpaired) electrons. The van der Waals surface area contributed by atoms with Crippen LogP contribution in [-0.4, -0.2) is 74.8 Å². The molecule has 0 aliphatic carbocycles. The SMILES string of the molecule is COC[C@@H](c1nc(-c2c(-c3cn[nH]c3)c3nc(OC)c(Cl)cc3n2C)n[nH]1)N(C)C. The molecule has 30 heavy (non-hydrogen) atoms. The van der Waals surface area contributed by atoms with E-state index in [-0.39, 0.29) is 6.04 Å². The minimum Gasteiger partial charge on any atom is -0.480 e. The molecule has 4 heterocycles. The van der Waals surface area contributed by atoms with Crippen LogP contribution in [0.15, 0.2) is 18.5 Å². The monoisotopic (exact) mass is 430 g/mol. The predicted octanol–water partition coefficient (Wildman–Crippen LogP) is 2.66. The molecule has 0 fully saturated rings. The number of nitrogens with one attached hydrogen (secondary N) is 2. The molecule has 0 aromatic carbocycles. The summed E-state index contributed by atoms with van der Waals surface area (Å²) in [5.74, 6) is 1.61. The lowest BCUT2D eigenvalue weighted by Gasteiger charge is -2.20. The second kappa shape index (κ2) is 8.05. The van der Waals surface area contributed by atoms with Crippen molar-refractivity contribution in [3.05, 3.63) is 29.3 Å². The minimum atomic E-state index is -0.0593. The van der Waals surface area contributed by atoms with Crippen molar-refractivity contribution in [2.45, 2.75) is 6.04 Å². The third-order valence-corrected chi connectivity index (χ3v) is 5.32. The number of methoxy groups -OCH3 is 2. The summed E-state index contributed by atoms with van der Waals surface area (Å²) in [5.41, 5.74) is 4.05. The van der Waals surface area contributed by atoms with Gasteiger partial charge < -0.3 is 14.0 Å². The molecule has 0 saturated heterocycles. The molecule has 0 aliphatic heterocycles. The van der Waals surface area contributed by atoms with Gasteiger partial charge >= 0.3 is 0 Å². The molecule has 0 unspecified atom stereocenters. The molecule has 2 N–H and O–H groups in total. The van der Waals surface area contributed by atoms with Crippen LogP contribution in [0.4, 0.5) is 0 Å². The highest BCUT2D eigenvalue weighted by Gasteiger charge is 2.26. The normalized spacial score (nSPS) is 12.8. The van der Waals surface area contributed by atoms with Crippen LogP contribution in [0.25, 0.3) is 33.7 Å². The lowest BCUT2D eigenvalue weighted by Crippen LogP contribution is -2.25. The maximum absolute atomic E-state index is 6.35. The van der Waals surface area contributed by atoms with Crippen LogP contribution in [-0.2, 0) is 11.8 Å². The number of ether oxygens (including phenoxy) is 2. The summed E-state index contributed by atoms with van der Waals surface area (Å²) < 4.78 is 12.7. The van der Waals surface area contributed by atoms with Gasteiger partial charge in [0.25, 0.3) is 0 Å². The summed E-state index contributed by atoms with van der Waals surface area (Å²) in [6.45, 7) is 0.486. The Bertz CT molecular complexity index is 1170. The number of aryl methyl sites for hydroxylation is 1. The van der Waals surface area contributed by atoms with E-state index >= 15 is 0 Å². The van der Waals surface area contributed by atoms with Gasteiger partial charge in [0.15, 0.2) is 5.82 Å². The molecule has 0 amide bonds. The zero-order valence-corrected chi connectivity index (χ0v) is 18.2. The van der Waals surface area contributed by atoms with Crippen LogP contribution >= 0.6 is 11.6 Å². The first-order valence-electron chi connectivity index (χ1n) is 9.26. The Morgan fingerprint density at radius 2 is 2.07 bits per heavy atom. The van der Waals surface area contributed by atoms with Crippen LogP contribution in [0.3, 0.4) is 0 Å². The van der Waals surface area contributed by atoms with Crippen LogP contribution in [0.1, 0.15) is 11.9 Å². The number of halogens is 1. The largest absolute Gasteiger partial charge is 0.480 e. The molecular formula is C19H23ClN8O2. The molecule has 0 aliphatic rings. The van der Waals surface area contributed by atoms with Crippen molar-refractivity contribution in [2.75, 3.05) is 34.9 Å². The van der Waals surface area contributed by atoms with Gasteiger partial charge in [0, 0.05) is 31.5 Å². The van der Waals surface area contributed by atoms with E-state index in [0.717, 1.165) is 27.9 Å². The standard InChI is InChI=1S/C19H23ClN8O2/c1-27(2)13(9-29-4)17-24-18(26-25-17)16-14(10-7-21-22-8-10)15-12(28(16)3)6-11(20)19(23-15)30-5/h6-8,13H,9H2,1-5H3,(H,21,22)(H,24,25,26)/t13-/m0/s1. The number of aromatic nitrogens is 7. The molecule has 4 rings (SSSR count). The third kappa shape index (κ3) is 3.32. The van der Waals surface area contributed by atoms with Gasteiger partial charge in [0.1, 0.15) is 16.4 Å². The number of hydrogen-bond acceptors (Lipinski definition) is 7. The summed E-state index contributed by atoms with van der Waals surface area (Å²) in [7, 11) is 9.08. The summed E-state index contributed by atoms with van der Waals surface area (Å²) in [5, 5.41) is 14.9. The number of fused-ring (bicyclic) bond motifs is 1. The average Bonchev–Trinajstić information content (AvgIpc) is 3.45. The van der Waals surface area contributed by atoms with E-state index in [9.17, 15) is 0 Å². The number of hydrogen-bond donors (Lipinski definition) is 2. The van der Waals surface area contributed by atoms with Gasteiger partial charge in [-0.15, -0.1) is 0 Å². The number of pyridine rings is 1. The lowest BCUT2D eigenvalue weighted by molar-refractivity contribution is 0.116. The van der Waals surface area contributed by atoms with E-state index in [1.807, 2.05) is 42.9 Å². The fourth-order valence-corrected chi connectivity index (χ4v) is 3.75. The summed E-state index contributed by atoms with van der Waals surface area (Å²) in [6, 6.07) is 1.77. The molecule has 11 heteroatoms. The van der Waals surface area contributed by atoms with Crippen molar-refractivity contribution in [3.8, 4) is 28.5 Å². The molecule has 158 valence electrons. The highest BCUT2D eigenvalue weighted by atomic mass is 35.5. The van der Waals surface area contributed by atoms with Crippen molar-refractivity contribution in [1.82, 2.24) is 39.8 Å². The number of nitrogens with zero attached hydrogens (tertiary/aromatic N) is 6. The second-order valence-corrected chi connectivity index (χ2v) is 7.50. The van der Waals surface area contributed by atoms with E-state index in [1.54, 1.807) is 20.4 Å². The van der Waals surface area contributed by atoms with E-state index in [0.29, 0.717) is 29.2 Å². The quantitative estimate of drug-likeness (QED) is 0.463. The molecule has 4 aromatic heterocycles. The fourth-order valence-electron chi connectivity index (χ4n) is 3.53. The van der Waals surface area contributed by atoms with Crippen molar-refractivity contribution in [1.29, 1.82) is 0 Å². The van der Waals surface area contributed by atoms with Crippen LogP contribution < -0.4 is 4.74 Å². The van der Waals surface area contributed by atoms with Gasteiger partial charge in [-0.25, -0.2) is 9.97 Å². The second-order valence-electron chi connectivity index (χ2n) is 7.10. The molecule has 4 aromatic rings. The highest BCUT2D eigenvalue weighted by Crippen LogP contribution is 2.40. The van der Waals surface area contributed by atoms with E-state index < -0.39 is 0 Å². The third-order valence-electron chi connectivity index (χ3n) is 5.05. The van der Waals surface area contributed by atoms with Crippen molar-refractivity contribution in [3.63, 3.8) is 0 Å². The van der Waals surface area contributed by atoms with E-state index in [4.69, 9.17) is 26.1 Å². The lowest BCUT2D eigenvalue weighted by atomic mass is 10.1. The maximum Gasteiger partial charge on any atom is 0.233 e. The Morgan fingerprint density at radius 3 is 2.70 bits per heavy atom. The molecular weight excluding hydrogens is 408 g/mol. The van der Waals surface area contributed by atoms with Gasteiger partial charge in [-0.1, -0.05) is 11.6 Å². The smallest absolute Gasteiger partial charge is 0.233 e. The zero-order chi connectivity index (χ0) is 21.4. The average molecular weight is 431 g/mol. The highest BCUT2D eigenvalue weighted by molar-refractivity contribution is 6.32. The summed E-state index contributed by atoms with van der Waals surface area (Å²) in [6.07, 6.45) is 3.55. The van der Waals surface area contributed by atoms with Gasteiger partial charge in [-0.05, 0) is 20.2 Å². The van der Waals surface area contributed by atoms with Crippen LogP contribution in [0.2, 0.25) is 5.02 Å².